The normalized spacial score (nSPS) is 14.4. The van der Waals surface area contributed by atoms with Crippen LogP contribution < -0.4 is 19.1 Å². The summed E-state index contributed by atoms with van der Waals surface area (Å²) >= 11 is 0. The Labute approximate surface area is 254 Å². The number of carbonyl (C=O) groups excluding carboxylic acids is 2. The summed E-state index contributed by atoms with van der Waals surface area (Å²) in [6.07, 6.45) is 5.06. The highest BCUT2D eigenvalue weighted by Gasteiger charge is 2.34. The first-order chi connectivity index (χ1) is 20.6. The van der Waals surface area contributed by atoms with Crippen LogP contribution in [-0.2, 0) is 26.2 Å². The summed E-state index contributed by atoms with van der Waals surface area (Å²) in [7, 11) is -1.19. The molecule has 0 aliphatic heterocycles. The first-order valence-corrected chi connectivity index (χ1v) is 16.0. The van der Waals surface area contributed by atoms with Gasteiger partial charge in [-0.1, -0.05) is 55.7 Å². The summed E-state index contributed by atoms with van der Waals surface area (Å²) in [4.78, 5) is 29.2. The molecule has 0 spiro atoms. The number of hydrogen-bond acceptors (Lipinski definition) is 6. The second kappa shape index (κ2) is 14.4. The molecule has 230 valence electrons. The number of nitrogens with one attached hydrogen (secondary N) is 1. The van der Waals surface area contributed by atoms with Crippen LogP contribution >= 0.6 is 0 Å². The number of aryl methyl sites for hydroxylation is 1. The molecule has 1 atom stereocenters. The maximum atomic E-state index is 14.3. The van der Waals surface area contributed by atoms with Gasteiger partial charge in [-0.25, -0.2) is 8.42 Å². The number of anilines is 1. The van der Waals surface area contributed by atoms with E-state index in [-0.39, 0.29) is 29.1 Å². The molecule has 1 fully saturated rings. The standard InChI is InChI=1S/C33H41N3O6S/c1-24-18-19-31(42-4)30(20-24)36(43(39,40)29-16-9-6-10-17-29)23-32(37)35(22-26-12-11-15-28(21-26)41-3)25(2)33(38)34-27-13-7-5-8-14-27/h6,9-12,15-21,25,27H,5,7-8,13-14,22-23H2,1-4H3,(H,34,38)/t25-/m1/s1. The molecule has 1 saturated carbocycles. The number of rotatable bonds is 12. The van der Waals surface area contributed by atoms with Gasteiger partial charge in [0.25, 0.3) is 10.0 Å². The van der Waals surface area contributed by atoms with Gasteiger partial charge in [-0.05, 0) is 74.2 Å². The Morgan fingerprint density at radius 2 is 1.65 bits per heavy atom. The number of ether oxygens (including phenoxy) is 2. The first kappa shape index (κ1) is 31.9. The Balaban J connectivity index is 1.73. The van der Waals surface area contributed by atoms with Crippen molar-refractivity contribution in [3.05, 3.63) is 83.9 Å². The van der Waals surface area contributed by atoms with Gasteiger partial charge in [0, 0.05) is 12.6 Å². The minimum Gasteiger partial charge on any atom is -0.497 e. The molecule has 1 aliphatic carbocycles. The lowest BCUT2D eigenvalue weighted by molar-refractivity contribution is -0.139. The van der Waals surface area contributed by atoms with Crippen LogP contribution in [-0.4, -0.2) is 58.0 Å². The molecule has 4 rings (SSSR count). The van der Waals surface area contributed by atoms with Crippen molar-refractivity contribution < 1.29 is 27.5 Å². The SMILES string of the molecule is COc1cccc(CN(C(=O)CN(c2cc(C)ccc2OC)S(=O)(=O)c2ccccc2)[C@H](C)C(=O)NC2CCCCC2)c1. The monoisotopic (exact) mass is 607 g/mol. The Kier molecular flexibility index (Phi) is 10.7. The van der Waals surface area contributed by atoms with E-state index in [0.29, 0.717) is 11.5 Å². The molecule has 1 N–H and O–H groups in total. The fourth-order valence-corrected chi connectivity index (χ4v) is 6.78. The van der Waals surface area contributed by atoms with Gasteiger partial charge >= 0.3 is 0 Å². The lowest BCUT2D eigenvalue weighted by atomic mass is 9.95. The van der Waals surface area contributed by atoms with Crippen LogP contribution in [0.5, 0.6) is 11.5 Å². The van der Waals surface area contributed by atoms with Crippen molar-refractivity contribution in [2.45, 2.75) is 69.5 Å². The van der Waals surface area contributed by atoms with Crippen LogP contribution in [0.25, 0.3) is 0 Å². The zero-order valence-corrected chi connectivity index (χ0v) is 26.1. The maximum Gasteiger partial charge on any atom is 0.264 e. The molecule has 10 heteroatoms. The summed E-state index contributed by atoms with van der Waals surface area (Å²) in [5.41, 5.74) is 1.78. The number of methoxy groups -OCH3 is 2. The van der Waals surface area contributed by atoms with Crippen LogP contribution in [0, 0.1) is 6.92 Å². The second-order valence-corrected chi connectivity index (χ2v) is 12.8. The maximum absolute atomic E-state index is 14.3. The van der Waals surface area contributed by atoms with Crippen LogP contribution in [0.2, 0.25) is 0 Å². The lowest BCUT2D eigenvalue weighted by Gasteiger charge is -2.33. The highest BCUT2D eigenvalue weighted by Crippen LogP contribution is 2.34. The van der Waals surface area contributed by atoms with Gasteiger partial charge in [-0.3, -0.25) is 13.9 Å². The van der Waals surface area contributed by atoms with Gasteiger partial charge < -0.3 is 19.7 Å². The minimum atomic E-state index is -4.20. The molecule has 0 saturated heterocycles. The highest BCUT2D eigenvalue weighted by molar-refractivity contribution is 7.92. The van der Waals surface area contributed by atoms with E-state index in [1.807, 2.05) is 25.1 Å². The number of hydrogen-bond donors (Lipinski definition) is 1. The quantitative estimate of drug-likeness (QED) is 0.308. The molecule has 0 unspecified atom stereocenters. The van der Waals surface area contributed by atoms with Crippen LogP contribution in [0.3, 0.4) is 0 Å². The number of sulfonamides is 1. The van der Waals surface area contributed by atoms with E-state index in [0.717, 1.165) is 47.5 Å². The van der Waals surface area contributed by atoms with Crippen molar-refractivity contribution in [2.24, 2.45) is 0 Å². The Bertz CT molecular complexity index is 1510. The molecule has 43 heavy (non-hydrogen) atoms. The summed E-state index contributed by atoms with van der Waals surface area (Å²) < 4.78 is 40.1. The topological polar surface area (TPSA) is 105 Å². The molecule has 2 amide bonds. The predicted octanol–water partition coefficient (Wildman–Crippen LogP) is 5.07. The van der Waals surface area contributed by atoms with Crippen molar-refractivity contribution in [1.29, 1.82) is 0 Å². The van der Waals surface area contributed by atoms with Crippen molar-refractivity contribution in [3.63, 3.8) is 0 Å². The number of amides is 2. The van der Waals surface area contributed by atoms with Crippen molar-refractivity contribution >= 4 is 27.5 Å². The van der Waals surface area contributed by atoms with E-state index in [1.165, 1.54) is 24.1 Å². The second-order valence-electron chi connectivity index (χ2n) is 10.9. The number of carbonyl (C=O) groups is 2. The van der Waals surface area contributed by atoms with E-state index in [9.17, 15) is 18.0 Å². The molecule has 9 nitrogen and oxygen atoms in total. The van der Waals surface area contributed by atoms with Gasteiger partial charge in [0.15, 0.2) is 0 Å². The number of benzene rings is 3. The molecular weight excluding hydrogens is 566 g/mol. The highest BCUT2D eigenvalue weighted by atomic mass is 32.2. The fraction of sp³-hybridized carbons (Fsp3) is 0.394. The van der Waals surface area contributed by atoms with Crippen molar-refractivity contribution in [1.82, 2.24) is 10.2 Å². The van der Waals surface area contributed by atoms with E-state index in [2.05, 4.69) is 5.32 Å². The average molecular weight is 608 g/mol. The largest absolute Gasteiger partial charge is 0.497 e. The van der Waals surface area contributed by atoms with Crippen molar-refractivity contribution in [3.8, 4) is 11.5 Å². The van der Waals surface area contributed by atoms with Gasteiger partial charge in [0.1, 0.15) is 24.1 Å². The molecule has 0 aromatic heterocycles. The van der Waals surface area contributed by atoms with Gasteiger partial charge in [0.2, 0.25) is 11.8 Å². The molecule has 0 heterocycles. The van der Waals surface area contributed by atoms with Crippen molar-refractivity contribution in [2.75, 3.05) is 25.1 Å². The van der Waals surface area contributed by atoms with Gasteiger partial charge in [-0.2, -0.15) is 0 Å². The molecular formula is C33H41N3O6S. The van der Waals surface area contributed by atoms with E-state index in [1.54, 1.807) is 56.5 Å². The fourth-order valence-electron chi connectivity index (χ4n) is 5.35. The zero-order valence-electron chi connectivity index (χ0n) is 25.3. The minimum absolute atomic E-state index is 0.0359. The lowest BCUT2D eigenvalue weighted by Crippen LogP contribution is -2.53. The van der Waals surface area contributed by atoms with Crippen LogP contribution in [0.4, 0.5) is 5.69 Å². The first-order valence-electron chi connectivity index (χ1n) is 14.6. The molecule has 0 bridgehead atoms. The average Bonchev–Trinajstić information content (AvgIpc) is 3.03. The zero-order chi connectivity index (χ0) is 31.0. The van der Waals surface area contributed by atoms with Gasteiger partial charge in [0.05, 0.1) is 24.8 Å². The van der Waals surface area contributed by atoms with Crippen LogP contribution in [0.1, 0.15) is 50.2 Å². The Morgan fingerprint density at radius 1 is 0.930 bits per heavy atom. The van der Waals surface area contributed by atoms with E-state index in [4.69, 9.17) is 9.47 Å². The summed E-state index contributed by atoms with van der Waals surface area (Å²) in [5.74, 6) is 0.119. The molecule has 0 radical (unpaired) electrons. The summed E-state index contributed by atoms with van der Waals surface area (Å²) in [6, 6.07) is 19.6. The Morgan fingerprint density at radius 3 is 2.33 bits per heavy atom. The summed E-state index contributed by atoms with van der Waals surface area (Å²) in [6.45, 7) is 3.06. The third kappa shape index (κ3) is 7.87. The molecule has 3 aromatic rings. The van der Waals surface area contributed by atoms with E-state index >= 15 is 0 Å². The smallest absolute Gasteiger partial charge is 0.264 e. The van der Waals surface area contributed by atoms with Gasteiger partial charge in [-0.15, -0.1) is 0 Å². The van der Waals surface area contributed by atoms with E-state index < -0.39 is 28.5 Å². The predicted molar refractivity (Wildman–Crippen MR) is 167 cm³/mol. The molecule has 3 aromatic carbocycles. The third-order valence-corrected chi connectivity index (χ3v) is 9.59. The summed E-state index contributed by atoms with van der Waals surface area (Å²) in [5, 5.41) is 3.12. The number of nitrogens with zero attached hydrogens (tertiary/aromatic N) is 2. The molecule has 1 aliphatic rings. The Hall–Kier alpha value is -4.05. The van der Waals surface area contributed by atoms with Crippen LogP contribution in [0.15, 0.2) is 77.7 Å². The third-order valence-electron chi connectivity index (χ3n) is 7.82.